The molecule has 0 bridgehead atoms. The highest BCUT2D eigenvalue weighted by Crippen LogP contribution is 2.43. The zero-order valence-electron chi connectivity index (χ0n) is 12.9. The van der Waals surface area contributed by atoms with E-state index in [0.717, 1.165) is 32.1 Å². The van der Waals surface area contributed by atoms with E-state index in [0.29, 0.717) is 19.4 Å². The Morgan fingerprint density at radius 2 is 2.14 bits per heavy atom. The van der Waals surface area contributed by atoms with Gasteiger partial charge in [-0.25, -0.2) is 5.48 Å². The summed E-state index contributed by atoms with van der Waals surface area (Å²) in [5, 5.41) is 20.5. The summed E-state index contributed by atoms with van der Waals surface area (Å²) < 4.78 is 0. The number of carbonyl (C=O) groups is 2. The Hall–Kier alpha value is -1.14. The second-order valence-electron chi connectivity index (χ2n) is 5.95. The monoisotopic (exact) mass is 300 g/mol. The molecule has 122 valence electrons. The maximum atomic E-state index is 12.4. The fourth-order valence-electron chi connectivity index (χ4n) is 3.29. The van der Waals surface area contributed by atoms with Gasteiger partial charge in [-0.3, -0.25) is 14.8 Å². The van der Waals surface area contributed by atoms with Crippen LogP contribution >= 0.6 is 0 Å². The number of hydrogen-bond donors (Lipinski definition) is 4. The highest BCUT2D eigenvalue weighted by Gasteiger charge is 2.50. The molecule has 1 saturated heterocycles. The van der Waals surface area contributed by atoms with Crippen molar-refractivity contribution in [2.24, 2.45) is 11.3 Å². The third-order valence-corrected chi connectivity index (χ3v) is 4.53. The van der Waals surface area contributed by atoms with Gasteiger partial charge < -0.3 is 10.4 Å². The lowest BCUT2D eigenvalue weighted by Gasteiger charge is -2.32. The summed E-state index contributed by atoms with van der Waals surface area (Å²) >= 11 is 0. The SMILES string of the molecule is CCCC[C@@H]1CNC(=O)[C@@]1(CCCCCO)CC(=O)NO. The van der Waals surface area contributed by atoms with Crippen LogP contribution in [0.3, 0.4) is 0 Å². The van der Waals surface area contributed by atoms with Gasteiger partial charge >= 0.3 is 0 Å². The van der Waals surface area contributed by atoms with Gasteiger partial charge in [-0.1, -0.05) is 32.6 Å². The highest BCUT2D eigenvalue weighted by molar-refractivity contribution is 5.90. The zero-order chi connectivity index (χ0) is 15.7. The molecule has 0 saturated carbocycles. The van der Waals surface area contributed by atoms with Crippen LogP contribution in [0.5, 0.6) is 0 Å². The van der Waals surface area contributed by atoms with E-state index in [1.54, 1.807) is 5.48 Å². The highest BCUT2D eigenvalue weighted by atomic mass is 16.5. The van der Waals surface area contributed by atoms with Crippen LogP contribution in [-0.2, 0) is 9.59 Å². The molecule has 1 aliphatic heterocycles. The molecule has 0 aromatic rings. The molecule has 6 nitrogen and oxygen atoms in total. The summed E-state index contributed by atoms with van der Waals surface area (Å²) in [6.45, 7) is 2.86. The lowest BCUT2D eigenvalue weighted by molar-refractivity contribution is -0.140. The molecule has 4 N–H and O–H groups in total. The smallest absolute Gasteiger partial charge is 0.244 e. The summed E-state index contributed by atoms with van der Waals surface area (Å²) in [6.07, 6.45) is 6.00. The Kier molecular flexibility index (Phi) is 7.67. The summed E-state index contributed by atoms with van der Waals surface area (Å²) in [7, 11) is 0. The molecule has 0 aromatic carbocycles. The van der Waals surface area contributed by atoms with E-state index < -0.39 is 11.3 Å². The number of aliphatic hydroxyl groups excluding tert-OH is 1. The summed E-state index contributed by atoms with van der Waals surface area (Å²) in [5.74, 6) is -0.441. The van der Waals surface area contributed by atoms with Crippen LogP contribution in [0.4, 0.5) is 0 Å². The average Bonchev–Trinajstić information content (AvgIpc) is 2.78. The zero-order valence-corrected chi connectivity index (χ0v) is 12.9. The molecular formula is C15H28N2O4. The van der Waals surface area contributed by atoms with Crippen molar-refractivity contribution in [3.05, 3.63) is 0 Å². The quantitative estimate of drug-likeness (QED) is 0.278. The van der Waals surface area contributed by atoms with E-state index in [9.17, 15) is 9.59 Å². The molecule has 0 aliphatic carbocycles. The van der Waals surface area contributed by atoms with Gasteiger partial charge in [0.05, 0.1) is 5.41 Å². The Morgan fingerprint density at radius 1 is 1.38 bits per heavy atom. The van der Waals surface area contributed by atoms with Gasteiger partial charge in [0.1, 0.15) is 0 Å². The van der Waals surface area contributed by atoms with Gasteiger partial charge in [-0.2, -0.15) is 0 Å². The number of hydrogen-bond acceptors (Lipinski definition) is 4. The number of hydroxylamine groups is 1. The molecular weight excluding hydrogens is 272 g/mol. The molecule has 6 heteroatoms. The van der Waals surface area contributed by atoms with Crippen LogP contribution in [0.15, 0.2) is 0 Å². The maximum absolute atomic E-state index is 12.4. The van der Waals surface area contributed by atoms with Crippen molar-refractivity contribution in [1.29, 1.82) is 0 Å². The van der Waals surface area contributed by atoms with Crippen molar-refractivity contribution in [2.45, 2.75) is 58.3 Å². The number of amides is 2. The number of carbonyl (C=O) groups excluding carboxylic acids is 2. The van der Waals surface area contributed by atoms with Crippen molar-refractivity contribution in [1.82, 2.24) is 10.8 Å². The van der Waals surface area contributed by atoms with Gasteiger partial charge in [-0.15, -0.1) is 0 Å². The minimum Gasteiger partial charge on any atom is -0.396 e. The van der Waals surface area contributed by atoms with Crippen LogP contribution in [0.2, 0.25) is 0 Å². The van der Waals surface area contributed by atoms with Gasteiger partial charge in [-0.05, 0) is 25.2 Å². The topological polar surface area (TPSA) is 98.7 Å². The second-order valence-corrected chi connectivity index (χ2v) is 5.95. The number of unbranched alkanes of at least 4 members (excludes halogenated alkanes) is 3. The third kappa shape index (κ3) is 4.68. The van der Waals surface area contributed by atoms with Crippen molar-refractivity contribution in [3.8, 4) is 0 Å². The van der Waals surface area contributed by atoms with Crippen molar-refractivity contribution >= 4 is 11.8 Å². The fourth-order valence-corrected chi connectivity index (χ4v) is 3.29. The second kappa shape index (κ2) is 9.00. The largest absolute Gasteiger partial charge is 0.396 e. The van der Waals surface area contributed by atoms with Gasteiger partial charge in [0.25, 0.3) is 0 Å². The Morgan fingerprint density at radius 3 is 2.76 bits per heavy atom. The Labute approximate surface area is 126 Å². The predicted octanol–water partition coefficient (Wildman–Crippen LogP) is 1.36. The number of rotatable bonds is 10. The maximum Gasteiger partial charge on any atom is 0.244 e. The summed E-state index contributed by atoms with van der Waals surface area (Å²) in [5.41, 5.74) is 0.946. The molecule has 0 aromatic heterocycles. The van der Waals surface area contributed by atoms with Crippen LogP contribution in [0.1, 0.15) is 58.3 Å². The van der Waals surface area contributed by atoms with Gasteiger partial charge in [0, 0.05) is 19.6 Å². The average molecular weight is 300 g/mol. The summed E-state index contributed by atoms with van der Waals surface area (Å²) in [6, 6.07) is 0. The van der Waals surface area contributed by atoms with Crippen LogP contribution in [0, 0.1) is 11.3 Å². The number of aliphatic hydroxyl groups is 1. The van der Waals surface area contributed by atoms with Crippen LogP contribution in [0.25, 0.3) is 0 Å². The van der Waals surface area contributed by atoms with Gasteiger partial charge in [0.2, 0.25) is 11.8 Å². The predicted molar refractivity (Wildman–Crippen MR) is 78.6 cm³/mol. The van der Waals surface area contributed by atoms with E-state index in [4.69, 9.17) is 10.3 Å². The number of nitrogens with one attached hydrogen (secondary N) is 2. The molecule has 0 spiro atoms. The van der Waals surface area contributed by atoms with Crippen molar-refractivity contribution < 1.29 is 19.9 Å². The Balaban J connectivity index is 2.80. The van der Waals surface area contributed by atoms with E-state index in [1.165, 1.54) is 0 Å². The molecule has 2 atom stereocenters. The van der Waals surface area contributed by atoms with E-state index in [-0.39, 0.29) is 24.9 Å². The summed E-state index contributed by atoms with van der Waals surface area (Å²) in [4.78, 5) is 24.0. The van der Waals surface area contributed by atoms with Gasteiger partial charge in [0.15, 0.2) is 0 Å². The fraction of sp³-hybridized carbons (Fsp3) is 0.867. The minimum absolute atomic E-state index is 0.0306. The molecule has 1 heterocycles. The third-order valence-electron chi connectivity index (χ3n) is 4.53. The first-order valence-corrected chi connectivity index (χ1v) is 7.92. The first kappa shape index (κ1) is 17.9. The molecule has 0 unspecified atom stereocenters. The molecule has 1 aliphatic rings. The molecule has 21 heavy (non-hydrogen) atoms. The first-order chi connectivity index (χ1) is 10.1. The standard InChI is InChI=1S/C15H28N2O4/c1-2-3-7-12-11-16-14(20)15(12,10-13(19)17-21)8-5-4-6-9-18/h12,18,21H,2-11H2,1H3,(H,16,20)(H,17,19)/t12-,15+/m1/s1. The van der Waals surface area contributed by atoms with E-state index in [1.807, 2.05) is 0 Å². The first-order valence-electron chi connectivity index (χ1n) is 7.92. The molecule has 0 radical (unpaired) electrons. The molecule has 1 fully saturated rings. The lowest BCUT2D eigenvalue weighted by Crippen LogP contribution is -2.40. The van der Waals surface area contributed by atoms with Crippen molar-refractivity contribution in [3.63, 3.8) is 0 Å². The van der Waals surface area contributed by atoms with Crippen molar-refractivity contribution in [2.75, 3.05) is 13.2 Å². The normalized spacial score (nSPS) is 24.9. The molecule has 1 rings (SSSR count). The van der Waals surface area contributed by atoms with E-state index >= 15 is 0 Å². The Bertz CT molecular complexity index is 349. The molecule has 2 amide bonds. The van der Waals surface area contributed by atoms with Crippen LogP contribution < -0.4 is 10.8 Å². The van der Waals surface area contributed by atoms with E-state index in [2.05, 4.69) is 12.2 Å². The lowest BCUT2D eigenvalue weighted by atomic mass is 9.69. The van der Waals surface area contributed by atoms with Crippen LogP contribution in [-0.4, -0.2) is 35.3 Å². The minimum atomic E-state index is -0.711.